The monoisotopic (exact) mass is 461 g/mol. The summed E-state index contributed by atoms with van der Waals surface area (Å²) in [5, 5.41) is 11.1. The van der Waals surface area contributed by atoms with E-state index in [0.29, 0.717) is 20.6 Å². The van der Waals surface area contributed by atoms with Gasteiger partial charge in [0.05, 0.1) is 33.9 Å². The molecule has 9 heteroatoms. The van der Waals surface area contributed by atoms with Gasteiger partial charge in [-0.25, -0.2) is 9.79 Å². The lowest BCUT2D eigenvalue weighted by Crippen LogP contribution is -2.38. The van der Waals surface area contributed by atoms with Gasteiger partial charge in [0.2, 0.25) is 0 Å². The lowest BCUT2D eigenvalue weighted by molar-refractivity contribution is -0.384. The molecule has 0 saturated heterocycles. The second kappa shape index (κ2) is 9.17. The average molecular weight is 461 g/mol. The summed E-state index contributed by atoms with van der Waals surface area (Å²) in [6.45, 7) is 1.70. The van der Waals surface area contributed by atoms with Crippen LogP contribution in [0.15, 0.2) is 81.7 Å². The summed E-state index contributed by atoms with van der Waals surface area (Å²) in [4.78, 5) is 41.4. The molecule has 3 aromatic rings. The van der Waals surface area contributed by atoms with Gasteiger partial charge in [-0.05, 0) is 24.1 Å². The number of hydrogen-bond donors (Lipinski definition) is 0. The Hall–Kier alpha value is -4.11. The van der Waals surface area contributed by atoms with Crippen molar-refractivity contribution in [2.45, 2.75) is 13.0 Å². The van der Waals surface area contributed by atoms with E-state index in [0.717, 1.165) is 16.9 Å². The summed E-state index contributed by atoms with van der Waals surface area (Å²) in [5.74, 6) is -0.563. The third-order valence-electron chi connectivity index (χ3n) is 5.12. The number of esters is 1. The van der Waals surface area contributed by atoms with Gasteiger partial charge in [0.1, 0.15) is 0 Å². The lowest BCUT2D eigenvalue weighted by Gasteiger charge is -2.21. The number of carbonyl (C=O) groups is 1. The van der Waals surface area contributed by atoms with Crippen molar-refractivity contribution in [3.8, 4) is 0 Å². The van der Waals surface area contributed by atoms with E-state index in [9.17, 15) is 19.7 Å². The summed E-state index contributed by atoms with van der Waals surface area (Å²) in [6, 6.07) is 14.8. The highest BCUT2D eigenvalue weighted by Gasteiger charge is 2.30. The Morgan fingerprint density at radius 2 is 1.91 bits per heavy atom. The van der Waals surface area contributed by atoms with Crippen LogP contribution in [0.2, 0.25) is 0 Å². The molecule has 1 aromatic heterocycles. The molecule has 2 aromatic carbocycles. The van der Waals surface area contributed by atoms with E-state index in [2.05, 4.69) is 4.99 Å². The van der Waals surface area contributed by atoms with Crippen molar-refractivity contribution in [2.24, 2.45) is 4.99 Å². The zero-order chi connectivity index (χ0) is 23.5. The van der Waals surface area contributed by atoms with Crippen LogP contribution in [-0.2, 0) is 9.53 Å². The molecule has 0 spiro atoms. The number of fused-ring (bicyclic) bond motifs is 1. The van der Waals surface area contributed by atoms with Crippen molar-refractivity contribution >= 4 is 35.1 Å². The fraction of sp³-hybridized carbons (Fsp3) is 0.125. The minimum atomic E-state index is -0.707. The molecule has 0 bridgehead atoms. The third-order valence-corrected chi connectivity index (χ3v) is 6.10. The van der Waals surface area contributed by atoms with Crippen molar-refractivity contribution in [2.75, 3.05) is 7.11 Å². The van der Waals surface area contributed by atoms with Crippen molar-refractivity contribution in [3.63, 3.8) is 0 Å². The molecule has 0 amide bonds. The van der Waals surface area contributed by atoms with Crippen LogP contribution in [0.3, 0.4) is 0 Å². The number of carbonyl (C=O) groups excluding carboxylic acids is 1. The number of nitro benzene ring substituents is 1. The molecule has 0 unspecified atom stereocenters. The average Bonchev–Trinajstić information content (AvgIpc) is 3.12. The fourth-order valence-corrected chi connectivity index (χ4v) is 4.62. The molecule has 0 N–H and O–H groups in total. The van der Waals surface area contributed by atoms with Crippen LogP contribution in [0.5, 0.6) is 0 Å². The molecule has 1 aliphatic rings. The first-order valence-electron chi connectivity index (χ1n) is 9.97. The van der Waals surface area contributed by atoms with Crippen LogP contribution in [0.1, 0.15) is 24.1 Å². The number of ether oxygens (including phenoxy) is 1. The molecular formula is C24H19N3O5S. The minimum absolute atomic E-state index is 0.0657. The van der Waals surface area contributed by atoms with Crippen LogP contribution >= 0.6 is 11.3 Å². The lowest BCUT2D eigenvalue weighted by atomic mass is 10.0. The van der Waals surface area contributed by atoms with Crippen LogP contribution in [0.4, 0.5) is 5.69 Å². The SMILES string of the molecule is COC(=O)C1=C(C)N=c2s/c(=C/c3cccc([N+](=O)[O-])c3)c(=O)n2[C@H]1/C=C/c1ccccc1. The Morgan fingerprint density at radius 1 is 1.18 bits per heavy atom. The number of thiazole rings is 1. The van der Waals surface area contributed by atoms with Gasteiger partial charge in [-0.1, -0.05) is 66.0 Å². The van der Waals surface area contributed by atoms with E-state index in [-0.39, 0.29) is 16.8 Å². The van der Waals surface area contributed by atoms with Crippen LogP contribution in [0.25, 0.3) is 12.2 Å². The van der Waals surface area contributed by atoms with E-state index in [1.165, 1.54) is 23.8 Å². The number of nitro groups is 1. The number of hydrogen-bond acceptors (Lipinski definition) is 7. The Balaban J connectivity index is 1.88. The van der Waals surface area contributed by atoms with Gasteiger partial charge in [0.15, 0.2) is 4.80 Å². The maximum Gasteiger partial charge on any atom is 0.338 e. The number of allylic oxidation sites excluding steroid dienone is 2. The van der Waals surface area contributed by atoms with Crippen LogP contribution in [-0.4, -0.2) is 22.6 Å². The highest BCUT2D eigenvalue weighted by atomic mass is 32.1. The van der Waals surface area contributed by atoms with E-state index in [1.54, 1.807) is 31.2 Å². The largest absolute Gasteiger partial charge is 0.466 e. The van der Waals surface area contributed by atoms with E-state index in [1.807, 2.05) is 36.4 Å². The third kappa shape index (κ3) is 4.44. The zero-order valence-corrected chi connectivity index (χ0v) is 18.6. The second-order valence-electron chi connectivity index (χ2n) is 7.24. The number of non-ortho nitro benzene ring substituents is 1. The molecule has 166 valence electrons. The van der Waals surface area contributed by atoms with Crippen molar-refractivity contribution < 1.29 is 14.5 Å². The zero-order valence-electron chi connectivity index (χ0n) is 17.8. The van der Waals surface area contributed by atoms with Gasteiger partial charge in [0, 0.05) is 12.1 Å². The number of nitrogens with zero attached hydrogens (tertiary/aromatic N) is 3. The molecule has 33 heavy (non-hydrogen) atoms. The number of methoxy groups -OCH3 is 1. The predicted octanol–water partition coefficient (Wildman–Crippen LogP) is 2.98. The first kappa shape index (κ1) is 22.1. The van der Waals surface area contributed by atoms with Gasteiger partial charge < -0.3 is 4.74 Å². The summed E-state index contributed by atoms with van der Waals surface area (Å²) in [6.07, 6.45) is 5.20. The van der Waals surface area contributed by atoms with Crippen molar-refractivity contribution in [3.05, 3.63) is 113 Å². The number of benzene rings is 2. The minimum Gasteiger partial charge on any atom is -0.466 e. The Labute approximate surface area is 192 Å². The second-order valence-corrected chi connectivity index (χ2v) is 8.25. The Bertz CT molecular complexity index is 1480. The predicted molar refractivity (Wildman–Crippen MR) is 125 cm³/mol. The molecule has 1 atom stereocenters. The first-order valence-corrected chi connectivity index (χ1v) is 10.8. The van der Waals surface area contributed by atoms with E-state index in [4.69, 9.17) is 4.74 Å². The molecule has 0 aliphatic carbocycles. The van der Waals surface area contributed by atoms with E-state index < -0.39 is 16.9 Å². The molecule has 0 radical (unpaired) electrons. The smallest absolute Gasteiger partial charge is 0.338 e. The van der Waals surface area contributed by atoms with Gasteiger partial charge in [-0.3, -0.25) is 19.5 Å². The fourth-order valence-electron chi connectivity index (χ4n) is 3.56. The molecule has 4 rings (SSSR count). The Kier molecular flexibility index (Phi) is 6.14. The van der Waals surface area contributed by atoms with Crippen molar-refractivity contribution in [1.82, 2.24) is 4.57 Å². The molecule has 0 saturated carbocycles. The molecule has 0 fully saturated rings. The molecule has 1 aliphatic heterocycles. The number of rotatable bonds is 5. The first-order chi connectivity index (χ1) is 15.9. The van der Waals surface area contributed by atoms with Gasteiger partial charge in [-0.2, -0.15) is 0 Å². The van der Waals surface area contributed by atoms with Gasteiger partial charge >= 0.3 is 5.97 Å². The Morgan fingerprint density at radius 3 is 2.61 bits per heavy atom. The summed E-state index contributed by atoms with van der Waals surface area (Å²) in [7, 11) is 1.29. The quantitative estimate of drug-likeness (QED) is 0.330. The summed E-state index contributed by atoms with van der Waals surface area (Å²) < 4.78 is 6.76. The molecular weight excluding hydrogens is 442 g/mol. The maximum absolute atomic E-state index is 13.4. The summed E-state index contributed by atoms with van der Waals surface area (Å²) in [5.41, 5.74) is 1.77. The number of aromatic nitrogens is 1. The van der Waals surface area contributed by atoms with Gasteiger partial charge in [-0.15, -0.1) is 0 Å². The van der Waals surface area contributed by atoms with Crippen molar-refractivity contribution in [1.29, 1.82) is 0 Å². The maximum atomic E-state index is 13.4. The van der Waals surface area contributed by atoms with Gasteiger partial charge in [0.25, 0.3) is 11.2 Å². The molecule has 2 heterocycles. The highest BCUT2D eigenvalue weighted by Crippen LogP contribution is 2.26. The standard InChI is InChI=1S/C24H19N3O5S/c1-15-21(23(29)32-2)19(12-11-16-7-4-3-5-8-16)26-22(28)20(33-24(26)25-15)14-17-9-6-10-18(13-17)27(30)31/h3-14,19H,1-2H3/b12-11+,20-14+/t19-/m0/s1. The highest BCUT2D eigenvalue weighted by molar-refractivity contribution is 7.07. The topological polar surface area (TPSA) is 104 Å². The normalized spacial score (nSPS) is 15.9. The molecule has 8 nitrogen and oxygen atoms in total. The van der Waals surface area contributed by atoms with Crippen LogP contribution in [0, 0.1) is 10.1 Å². The van der Waals surface area contributed by atoms with E-state index >= 15 is 0 Å². The summed E-state index contributed by atoms with van der Waals surface area (Å²) >= 11 is 1.16. The van der Waals surface area contributed by atoms with Crippen LogP contribution < -0.4 is 14.9 Å².